The van der Waals surface area contributed by atoms with Crippen LogP contribution in [0.25, 0.3) is 6.08 Å². The summed E-state index contributed by atoms with van der Waals surface area (Å²) in [5.74, 6) is -0.756. The van der Waals surface area contributed by atoms with Crippen molar-refractivity contribution in [3.8, 4) is 5.75 Å². The van der Waals surface area contributed by atoms with E-state index >= 15 is 0 Å². The first-order valence-corrected chi connectivity index (χ1v) is 9.73. The zero-order chi connectivity index (χ0) is 21.1. The van der Waals surface area contributed by atoms with Crippen LogP contribution in [0.2, 0.25) is 0 Å². The lowest BCUT2D eigenvalue weighted by Gasteiger charge is -2.15. The van der Waals surface area contributed by atoms with Gasteiger partial charge in [0.05, 0.1) is 21.2 Å². The lowest BCUT2D eigenvalue weighted by Crippen LogP contribution is -2.28. The van der Waals surface area contributed by atoms with Crippen molar-refractivity contribution in [2.75, 3.05) is 4.90 Å². The Morgan fingerprint density at radius 2 is 1.63 bits per heavy atom. The van der Waals surface area contributed by atoms with Crippen LogP contribution in [0.1, 0.15) is 5.56 Å². The molecule has 0 saturated carbocycles. The van der Waals surface area contributed by atoms with Gasteiger partial charge in [0.1, 0.15) is 0 Å². The predicted molar refractivity (Wildman–Crippen MR) is 116 cm³/mol. The van der Waals surface area contributed by atoms with Gasteiger partial charge in [0.2, 0.25) is 0 Å². The number of aliphatic imine (C=N–C) groups is 1. The number of nitrogens with zero attached hydrogens (tertiary/aromatic N) is 3. The number of thioether (sulfide) groups is 1. The van der Waals surface area contributed by atoms with Crippen molar-refractivity contribution in [1.29, 1.82) is 0 Å². The number of carbonyl (C=O) groups is 1. The van der Waals surface area contributed by atoms with Crippen LogP contribution in [0.15, 0.2) is 88.8 Å². The summed E-state index contributed by atoms with van der Waals surface area (Å²) in [6, 6.07) is 21.7. The summed E-state index contributed by atoms with van der Waals surface area (Å²) >= 11 is 1.11. The number of hydrogen-bond acceptors (Lipinski definition) is 6. The van der Waals surface area contributed by atoms with Crippen LogP contribution in [0.3, 0.4) is 0 Å². The van der Waals surface area contributed by atoms with E-state index in [9.17, 15) is 20.0 Å². The molecule has 148 valence electrons. The van der Waals surface area contributed by atoms with E-state index in [1.165, 1.54) is 17.0 Å². The summed E-state index contributed by atoms with van der Waals surface area (Å²) in [5.41, 5.74) is 1.17. The monoisotopic (exact) mass is 416 g/mol. The molecule has 7 nitrogen and oxygen atoms in total. The largest absolute Gasteiger partial charge is 0.872 e. The number of nitro benzene ring substituents is 1. The molecule has 1 aliphatic heterocycles. The fraction of sp³-hybridized carbons (Fsp3) is 0. The number of benzene rings is 3. The molecule has 0 aliphatic carbocycles. The van der Waals surface area contributed by atoms with Gasteiger partial charge in [-0.15, -0.1) is 5.75 Å². The molecule has 30 heavy (non-hydrogen) atoms. The van der Waals surface area contributed by atoms with E-state index in [1.54, 1.807) is 12.1 Å². The van der Waals surface area contributed by atoms with Gasteiger partial charge < -0.3 is 5.11 Å². The summed E-state index contributed by atoms with van der Waals surface area (Å²) in [5, 5.41) is 23.7. The first kappa shape index (κ1) is 19.4. The average molecular weight is 416 g/mol. The Hall–Kier alpha value is -3.91. The van der Waals surface area contributed by atoms with Crippen LogP contribution in [-0.4, -0.2) is 16.0 Å². The highest BCUT2D eigenvalue weighted by molar-refractivity contribution is 8.19. The number of carbonyl (C=O) groups excluding carboxylic acids is 1. The van der Waals surface area contributed by atoms with Crippen molar-refractivity contribution in [3.63, 3.8) is 0 Å². The zero-order valence-electron chi connectivity index (χ0n) is 15.5. The standard InChI is InChI=1S/C22H15N3O4S/c26-19-12-11-18(25(28)29)13-15(19)14-20-21(27)24(17-9-5-2-6-10-17)22(30-20)23-16-7-3-1-4-8-16/h1-14,26H/p-1/b20-14+,23-22?. The molecule has 0 radical (unpaired) electrons. The van der Waals surface area contributed by atoms with Crippen molar-refractivity contribution in [3.05, 3.63) is 99.4 Å². The minimum Gasteiger partial charge on any atom is -0.872 e. The molecular weight excluding hydrogens is 402 g/mol. The maximum atomic E-state index is 13.2. The van der Waals surface area contributed by atoms with Gasteiger partial charge >= 0.3 is 0 Å². The molecule has 0 N–H and O–H groups in total. The maximum Gasteiger partial charge on any atom is 0.271 e. The van der Waals surface area contributed by atoms with Gasteiger partial charge in [-0.25, -0.2) is 4.99 Å². The van der Waals surface area contributed by atoms with Crippen LogP contribution < -0.4 is 10.0 Å². The highest BCUT2D eigenvalue weighted by atomic mass is 32.2. The molecule has 1 fully saturated rings. The van der Waals surface area contributed by atoms with Crippen LogP contribution in [0.4, 0.5) is 17.1 Å². The molecule has 1 saturated heterocycles. The van der Waals surface area contributed by atoms with Gasteiger partial charge in [-0.2, -0.15) is 0 Å². The van der Waals surface area contributed by atoms with Gasteiger partial charge in [-0.1, -0.05) is 42.5 Å². The van der Waals surface area contributed by atoms with Crippen molar-refractivity contribution < 1.29 is 14.8 Å². The van der Waals surface area contributed by atoms with Crippen LogP contribution in [0, 0.1) is 10.1 Å². The first-order chi connectivity index (χ1) is 14.5. The Bertz CT molecular complexity index is 1180. The van der Waals surface area contributed by atoms with Crippen molar-refractivity contribution in [1.82, 2.24) is 0 Å². The minimum absolute atomic E-state index is 0.0778. The number of rotatable bonds is 4. The van der Waals surface area contributed by atoms with Gasteiger partial charge in [0.15, 0.2) is 5.17 Å². The molecule has 0 atom stereocenters. The molecule has 1 amide bonds. The molecule has 3 aromatic rings. The van der Waals surface area contributed by atoms with Crippen molar-refractivity contribution in [2.24, 2.45) is 4.99 Å². The number of para-hydroxylation sites is 2. The minimum atomic E-state index is -0.580. The Kier molecular flexibility index (Phi) is 5.32. The number of hydrogen-bond donors (Lipinski definition) is 0. The van der Waals surface area contributed by atoms with Gasteiger partial charge in [0.25, 0.3) is 11.6 Å². The highest BCUT2D eigenvalue weighted by Gasteiger charge is 2.34. The molecule has 0 unspecified atom stereocenters. The second-order valence-electron chi connectivity index (χ2n) is 6.30. The number of amides is 1. The normalized spacial score (nSPS) is 16.4. The third kappa shape index (κ3) is 3.94. The Balaban J connectivity index is 1.79. The number of non-ortho nitro benzene ring substituents is 1. The van der Waals surface area contributed by atoms with Crippen LogP contribution >= 0.6 is 11.8 Å². The molecule has 1 aliphatic rings. The van der Waals surface area contributed by atoms with Crippen LogP contribution in [0.5, 0.6) is 5.75 Å². The number of anilines is 1. The average Bonchev–Trinajstić information content (AvgIpc) is 3.05. The fourth-order valence-corrected chi connectivity index (χ4v) is 3.86. The highest BCUT2D eigenvalue weighted by Crippen LogP contribution is 2.38. The zero-order valence-corrected chi connectivity index (χ0v) is 16.3. The van der Waals surface area contributed by atoms with Gasteiger partial charge in [-0.05, 0) is 47.7 Å². The van der Waals surface area contributed by atoms with Crippen LogP contribution in [-0.2, 0) is 4.79 Å². The smallest absolute Gasteiger partial charge is 0.271 e. The van der Waals surface area contributed by atoms with E-state index in [-0.39, 0.29) is 22.1 Å². The Labute approximate surface area is 176 Å². The van der Waals surface area contributed by atoms with E-state index in [4.69, 9.17) is 0 Å². The number of amidine groups is 1. The molecular formula is C22H14N3O4S-. The SMILES string of the molecule is O=C1/C(=C\c2cc([N+](=O)[O-])ccc2[O-])SC(=Nc2ccccc2)N1c1ccccc1. The van der Waals surface area contributed by atoms with E-state index in [2.05, 4.69) is 4.99 Å². The fourth-order valence-electron chi connectivity index (χ4n) is 2.87. The summed E-state index contributed by atoms with van der Waals surface area (Å²) in [4.78, 5) is 29.9. The van der Waals surface area contributed by atoms with Gasteiger partial charge in [0, 0.05) is 12.1 Å². The molecule has 0 bridgehead atoms. The number of nitro groups is 1. The molecule has 1 heterocycles. The molecule has 0 spiro atoms. The molecule has 4 rings (SSSR count). The summed E-state index contributed by atoms with van der Waals surface area (Å²) < 4.78 is 0. The lowest BCUT2D eigenvalue weighted by atomic mass is 10.1. The van der Waals surface area contributed by atoms with Crippen molar-refractivity contribution in [2.45, 2.75) is 0 Å². The third-order valence-corrected chi connectivity index (χ3v) is 5.26. The Morgan fingerprint density at radius 1 is 0.967 bits per heavy atom. The second kappa shape index (κ2) is 8.22. The molecule has 3 aromatic carbocycles. The summed E-state index contributed by atoms with van der Waals surface area (Å²) in [7, 11) is 0. The quantitative estimate of drug-likeness (QED) is 0.355. The van der Waals surface area contributed by atoms with E-state index in [1.807, 2.05) is 48.5 Å². The predicted octanol–water partition coefficient (Wildman–Crippen LogP) is 4.48. The topological polar surface area (TPSA) is 98.9 Å². The lowest BCUT2D eigenvalue weighted by molar-refractivity contribution is -0.385. The van der Waals surface area contributed by atoms with Gasteiger partial charge in [-0.3, -0.25) is 19.8 Å². The summed E-state index contributed by atoms with van der Waals surface area (Å²) in [6.07, 6.45) is 1.38. The Morgan fingerprint density at radius 3 is 2.30 bits per heavy atom. The molecule has 0 aromatic heterocycles. The second-order valence-corrected chi connectivity index (χ2v) is 7.31. The third-order valence-electron chi connectivity index (χ3n) is 4.29. The van der Waals surface area contributed by atoms with E-state index in [0.717, 1.165) is 23.9 Å². The summed E-state index contributed by atoms with van der Waals surface area (Å²) in [6.45, 7) is 0. The van der Waals surface area contributed by atoms with Crippen molar-refractivity contribution >= 4 is 46.0 Å². The maximum absolute atomic E-state index is 13.2. The molecule has 8 heteroatoms. The van der Waals surface area contributed by atoms with E-state index in [0.29, 0.717) is 16.5 Å². The first-order valence-electron chi connectivity index (χ1n) is 8.91. The van der Waals surface area contributed by atoms with E-state index < -0.39 is 10.7 Å².